The third-order valence-electron chi connectivity index (χ3n) is 13.6. The molecule has 26 nitrogen and oxygen atoms in total. The monoisotopic (exact) mass is 1060 g/mol. The number of H-pyrrole nitrogens is 1. The second-order valence-electron chi connectivity index (χ2n) is 20.8. The van der Waals surface area contributed by atoms with Crippen molar-refractivity contribution in [2.24, 2.45) is 34.2 Å². The third kappa shape index (κ3) is 14.4. The van der Waals surface area contributed by atoms with Crippen molar-refractivity contribution in [3.05, 3.63) is 47.5 Å². The summed E-state index contributed by atoms with van der Waals surface area (Å²) in [6.07, 6.45) is 3.02. The Morgan fingerprint density at radius 3 is 2.16 bits per heavy atom. The minimum Gasteiger partial charge on any atom is -0.480 e. The average molecular weight is 1060 g/mol. The Hall–Kier alpha value is -8.06. The molecule has 26 heteroatoms. The first-order chi connectivity index (χ1) is 35.9. The first-order valence-corrected chi connectivity index (χ1v) is 25.5. The summed E-state index contributed by atoms with van der Waals surface area (Å²) in [5.41, 5.74) is 12.8. The number of aromatic amines is 1. The fourth-order valence-electron chi connectivity index (χ4n) is 9.63. The van der Waals surface area contributed by atoms with Gasteiger partial charge in [0, 0.05) is 54.4 Å². The van der Waals surface area contributed by atoms with Gasteiger partial charge >= 0.3 is 5.97 Å². The SMILES string of the molecule is CC(C)CC1NC(=O)C(NC(=O)C2CCC(=O)N2)C(C(C)C)c2ccc3c4c([nH]c3c2)-n2cnc(c2)CC(C(=O)NC(C)C(=O)O)NC(=O)CNC(=O)C(CCCN=C(N)N)NC(=O)C(C4)NC(=O)C(C(C)C)NC1=O. The summed E-state index contributed by atoms with van der Waals surface area (Å²) >= 11 is 0. The average Bonchev–Trinajstić information content (AvgIpc) is 4.09. The molecule has 7 rings (SSSR count). The van der Waals surface area contributed by atoms with Crippen molar-refractivity contribution in [1.29, 1.82) is 0 Å². The number of amides is 9. The van der Waals surface area contributed by atoms with Gasteiger partial charge in [0.2, 0.25) is 53.2 Å². The van der Waals surface area contributed by atoms with E-state index in [1.54, 1.807) is 42.8 Å². The Kier molecular flexibility index (Phi) is 18.8. The highest BCUT2D eigenvalue weighted by molar-refractivity contribution is 5.99. The molecule has 4 aliphatic heterocycles. The molecule has 7 bridgehead atoms. The molecule has 3 aromatic rings. The van der Waals surface area contributed by atoms with Crippen LogP contribution < -0.4 is 59.3 Å². The number of hydrogen-bond acceptors (Lipinski definition) is 12. The van der Waals surface area contributed by atoms with Crippen LogP contribution in [-0.4, -0.2) is 146 Å². The lowest BCUT2D eigenvalue weighted by atomic mass is 9.81. The van der Waals surface area contributed by atoms with Gasteiger partial charge in [0.25, 0.3) is 0 Å². The first-order valence-electron chi connectivity index (χ1n) is 25.5. The third-order valence-corrected chi connectivity index (χ3v) is 13.6. The predicted molar refractivity (Wildman–Crippen MR) is 276 cm³/mol. The minimum absolute atomic E-state index is 0.0547. The topological polar surface area (TPSA) is 397 Å². The molecular formula is C50H71N15O11. The lowest BCUT2D eigenvalue weighted by Gasteiger charge is -2.33. The number of benzene rings is 1. The molecule has 1 saturated heterocycles. The Morgan fingerprint density at radius 1 is 0.803 bits per heavy atom. The largest absolute Gasteiger partial charge is 0.480 e. The number of aliphatic carboxylic acids is 1. The number of carbonyl (C=O) groups is 10. The van der Waals surface area contributed by atoms with E-state index < -0.39 is 120 Å². The number of imidazole rings is 1. The van der Waals surface area contributed by atoms with Crippen molar-refractivity contribution in [3.8, 4) is 5.82 Å². The van der Waals surface area contributed by atoms with E-state index in [2.05, 4.69) is 62.8 Å². The zero-order valence-corrected chi connectivity index (χ0v) is 43.7. The molecule has 412 valence electrons. The molecule has 0 radical (unpaired) electrons. The zero-order valence-electron chi connectivity index (χ0n) is 43.7. The summed E-state index contributed by atoms with van der Waals surface area (Å²) in [6, 6.07) is -4.95. The summed E-state index contributed by atoms with van der Waals surface area (Å²) in [5.74, 6) is -9.50. The second-order valence-corrected chi connectivity index (χ2v) is 20.8. The number of hydrogen-bond donors (Lipinski definition) is 13. The van der Waals surface area contributed by atoms with E-state index in [9.17, 15) is 53.1 Å². The van der Waals surface area contributed by atoms with Crippen LogP contribution >= 0.6 is 0 Å². The highest BCUT2D eigenvalue weighted by atomic mass is 16.4. The first kappa shape index (κ1) is 57.2. The molecular weight excluding hydrogens is 987 g/mol. The van der Waals surface area contributed by atoms with E-state index in [1.165, 1.54) is 13.3 Å². The normalized spacial score (nSPS) is 24.4. The highest BCUT2D eigenvalue weighted by Crippen LogP contribution is 2.35. The second kappa shape index (κ2) is 25.0. The van der Waals surface area contributed by atoms with E-state index in [0.717, 1.165) is 0 Å². The van der Waals surface area contributed by atoms with Gasteiger partial charge < -0.3 is 69.4 Å². The van der Waals surface area contributed by atoms with Crippen molar-refractivity contribution >= 4 is 76.0 Å². The summed E-state index contributed by atoms with van der Waals surface area (Å²) < 4.78 is 1.57. The zero-order chi connectivity index (χ0) is 55.7. The molecule has 15 N–H and O–H groups in total. The number of carboxylic acids is 1. The van der Waals surface area contributed by atoms with E-state index in [4.69, 9.17) is 11.5 Å². The van der Waals surface area contributed by atoms with Crippen LogP contribution in [0, 0.1) is 17.8 Å². The fraction of sp³-hybridized carbons (Fsp3) is 0.560. The van der Waals surface area contributed by atoms with E-state index in [0.29, 0.717) is 27.8 Å². The maximum absolute atomic E-state index is 14.9. The molecule has 1 aromatic carbocycles. The quantitative estimate of drug-likeness (QED) is 0.0376. The number of carbonyl (C=O) groups excluding carboxylic acids is 9. The van der Waals surface area contributed by atoms with Crippen molar-refractivity contribution in [2.75, 3.05) is 13.1 Å². The number of fused-ring (bicyclic) bond motifs is 13. The van der Waals surface area contributed by atoms with Crippen LogP contribution in [-0.2, 0) is 60.8 Å². The Morgan fingerprint density at radius 2 is 1.51 bits per heavy atom. The number of nitrogens with two attached hydrogens (primary N) is 2. The number of rotatable bonds is 13. The number of carboxylic acid groups (broad SMARTS) is 1. The van der Waals surface area contributed by atoms with Gasteiger partial charge in [0.15, 0.2) is 5.96 Å². The van der Waals surface area contributed by atoms with Crippen LogP contribution in [0.5, 0.6) is 0 Å². The minimum atomic E-state index is -1.47. The maximum Gasteiger partial charge on any atom is 0.325 e. The van der Waals surface area contributed by atoms with Crippen molar-refractivity contribution in [2.45, 2.75) is 148 Å². The van der Waals surface area contributed by atoms with Gasteiger partial charge in [-0.05, 0) is 62.0 Å². The summed E-state index contributed by atoms with van der Waals surface area (Å²) in [5, 5.41) is 34.4. The van der Waals surface area contributed by atoms with Crippen molar-refractivity contribution < 1.29 is 53.1 Å². The Balaban J connectivity index is 1.57. The van der Waals surface area contributed by atoms with Crippen molar-refractivity contribution in [1.82, 2.24) is 62.4 Å². The molecule has 4 aliphatic rings. The number of guanidine groups is 1. The number of aromatic nitrogens is 3. The summed E-state index contributed by atoms with van der Waals surface area (Å²) in [4.78, 5) is 150. The smallest absolute Gasteiger partial charge is 0.325 e. The molecule has 0 spiro atoms. The van der Waals surface area contributed by atoms with Gasteiger partial charge in [-0.1, -0.05) is 53.7 Å². The van der Waals surface area contributed by atoms with Crippen LogP contribution in [0.3, 0.4) is 0 Å². The predicted octanol–water partition coefficient (Wildman–Crippen LogP) is -2.15. The molecule has 2 aromatic heterocycles. The number of nitrogens with one attached hydrogen (secondary N) is 10. The number of aliphatic imine (C=N–C) groups is 1. The number of nitrogens with zero attached hydrogens (tertiary/aromatic N) is 3. The van der Waals surface area contributed by atoms with Crippen LogP contribution in [0.1, 0.15) is 103 Å². The van der Waals surface area contributed by atoms with Gasteiger partial charge in [-0.25, -0.2) is 4.98 Å². The van der Waals surface area contributed by atoms with E-state index in [1.807, 2.05) is 27.7 Å². The lowest BCUT2D eigenvalue weighted by molar-refractivity contribution is -0.141. The highest BCUT2D eigenvalue weighted by Gasteiger charge is 2.40. The van der Waals surface area contributed by atoms with Crippen LogP contribution in [0.15, 0.2) is 35.7 Å². The van der Waals surface area contributed by atoms with Gasteiger partial charge in [0.05, 0.1) is 12.2 Å². The van der Waals surface area contributed by atoms with Crippen LogP contribution in [0.2, 0.25) is 0 Å². The maximum atomic E-state index is 14.9. The van der Waals surface area contributed by atoms with Gasteiger partial charge in [-0.2, -0.15) is 0 Å². The lowest BCUT2D eigenvalue weighted by Crippen LogP contribution is -2.61. The molecule has 0 saturated carbocycles. The van der Waals surface area contributed by atoms with Gasteiger partial charge in [-0.3, -0.25) is 57.5 Å². The standard InChI is InChI=1S/C50H71N15O11/c1-22(2)15-33-46(72)63-39(24(5)6)47(73)62-35-18-29-28-11-10-26(38(23(3)4)40(48(74)61-33)64-43(69)31-12-13-36(66)57-31)16-32(28)59-41(29)65-20-27(55-21-65)17-34(44(70)56-25(7)49(75)76)58-37(67)19-54-42(68)30(60-45(35)71)9-8-14-53-50(51)52/h10-11,16,20-25,30-31,33-35,38-40,59H,8-9,12-15,17-19H2,1-7H3,(H,54,68)(H,56,70)(H,57,66)(H,58,67)(H,60,71)(H,61,74)(H,62,73)(H,63,72)(H,64,69)(H,75,76)(H4,51,52,53). The van der Waals surface area contributed by atoms with Gasteiger partial charge in [-0.15, -0.1) is 0 Å². The summed E-state index contributed by atoms with van der Waals surface area (Å²) in [6.45, 7) is 11.4. The van der Waals surface area contributed by atoms with Gasteiger partial charge in [0.1, 0.15) is 60.5 Å². The van der Waals surface area contributed by atoms with E-state index in [-0.39, 0.29) is 80.9 Å². The van der Waals surface area contributed by atoms with Crippen LogP contribution in [0.4, 0.5) is 0 Å². The molecule has 1 fully saturated rings. The molecule has 9 atom stereocenters. The van der Waals surface area contributed by atoms with Crippen molar-refractivity contribution in [3.63, 3.8) is 0 Å². The Labute approximate surface area is 438 Å². The fourth-order valence-corrected chi connectivity index (χ4v) is 9.63. The van der Waals surface area contributed by atoms with Crippen LogP contribution in [0.25, 0.3) is 16.7 Å². The molecule has 0 aliphatic carbocycles. The summed E-state index contributed by atoms with van der Waals surface area (Å²) in [7, 11) is 0. The molecule has 9 amide bonds. The van der Waals surface area contributed by atoms with E-state index >= 15 is 0 Å². The molecule has 6 heterocycles. The Bertz CT molecular complexity index is 2740. The molecule has 9 unspecified atom stereocenters. The molecule has 76 heavy (non-hydrogen) atoms.